The average molecular weight is 236 g/mol. The van der Waals surface area contributed by atoms with Crippen LogP contribution in [0.4, 0.5) is 0 Å². The van der Waals surface area contributed by atoms with E-state index in [1.807, 2.05) is 0 Å². The van der Waals surface area contributed by atoms with Crippen LogP contribution < -0.4 is 15.4 Å². The fraction of sp³-hybridized carbons (Fsp3) is 0.857. The van der Waals surface area contributed by atoms with Gasteiger partial charge in [0.25, 0.3) is 10.2 Å². The highest BCUT2D eigenvalue weighted by Gasteiger charge is 2.35. The number of hydrogen-bond donors (Lipinski definition) is 3. The third-order valence-corrected chi connectivity index (χ3v) is 3.88. The third-order valence-electron chi connectivity index (χ3n) is 2.31. The summed E-state index contributed by atoms with van der Waals surface area (Å²) < 4.78 is 26.6. The number of carbonyl (C=O) groups excluding carboxylic acids is 1. The number of rotatable bonds is 3. The molecular weight excluding hydrogens is 220 g/mol. The predicted molar refractivity (Wildman–Crippen MR) is 55.4 cm³/mol. The van der Waals surface area contributed by atoms with E-state index in [1.165, 1.54) is 18.4 Å². The fourth-order valence-electron chi connectivity index (χ4n) is 1.48. The van der Waals surface area contributed by atoms with Crippen molar-refractivity contribution in [3.8, 4) is 0 Å². The maximum Gasteiger partial charge on any atom is 0.280 e. The summed E-state index contributed by atoms with van der Waals surface area (Å²) in [7, 11) is -0.724. The molecule has 1 unspecified atom stereocenters. The van der Waals surface area contributed by atoms with Crippen molar-refractivity contribution in [2.45, 2.75) is 6.04 Å². The molecule has 0 aromatic rings. The molecule has 1 atom stereocenters. The molecule has 0 radical (unpaired) electrons. The molecule has 1 aliphatic rings. The van der Waals surface area contributed by atoms with Crippen molar-refractivity contribution < 1.29 is 13.2 Å². The SMILES string of the molecule is CNC(=O)C1CNCCN1S(=O)(=O)NC. The van der Waals surface area contributed by atoms with E-state index in [0.717, 1.165) is 0 Å². The molecule has 7 nitrogen and oxygen atoms in total. The van der Waals surface area contributed by atoms with Crippen molar-refractivity contribution >= 4 is 16.1 Å². The minimum absolute atomic E-state index is 0.293. The van der Waals surface area contributed by atoms with Gasteiger partial charge >= 0.3 is 0 Å². The Morgan fingerprint density at radius 3 is 2.67 bits per heavy atom. The molecule has 1 saturated heterocycles. The van der Waals surface area contributed by atoms with E-state index in [-0.39, 0.29) is 5.91 Å². The van der Waals surface area contributed by atoms with Gasteiger partial charge in [0.15, 0.2) is 0 Å². The first kappa shape index (κ1) is 12.4. The fourth-order valence-corrected chi connectivity index (χ4v) is 2.55. The molecule has 1 amide bonds. The zero-order chi connectivity index (χ0) is 11.5. The van der Waals surface area contributed by atoms with Gasteiger partial charge in [0, 0.05) is 33.7 Å². The van der Waals surface area contributed by atoms with Gasteiger partial charge in [-0.05, 0) is 0 Å². The molecule has 0 aliphatic carbocycles. The van der Waals surface area contributed by atoms with Gasteiger partial charge in [-0.25, -0.2) is 4.72 Å². The van der Waals surface area contributed by atoms with Gasteiger partial charge in [0.1, 0.15) is 6.04 Å². The average Bonchev–Trinajstić information content (AvgIpc) is 2.28. The number of nitrogens with zero attached hydrogens (tertiary/aromatic N) is 1. The zero-order valence-electron chi connectivity index (χ0n) is 8.78. The van der Waals surface area contributed by atoms with Crippen molar-refractivity contribution in [1.82, 2.24) is 19.7 Å². The van der Waals surface area contributed by atoms with Crippen LogP contribution in [0, 0.1) is 0 Å². The molecule has 1 rings (SSSR count). The van der Waals surface area contributed by atoms with E-state index >= 15 is 0 Å². The zero-order valence-corrected chi connectivity index (χ0v) is 9.60. The summed E-state index contributed by atoms with van der Waals surface area (Å²) in [5.74, 6) is -0.305. The minimum atomic E-state index is -3.54. The smallest absolute Gasteiger partial charge is 0.280 e. The molecule has 15 heavy (non-hydrogen) atoms. The predicted octanol–water partition coefficient (Wildman–Crippen LogP) is -2.53. The Hall–Kier alpha value is -0.700. The van der Waals surface area contributed by atoms with Gasteiger partial charge in [-0.1, -0.05) is 0 Å². The lowest BCUT2D eigenvalue weighted by Crippen LogP contribution is -2.60. The molecule has 88 valence electrons. The molecule has 0 spiro atoms. The molecule has 1 aliphatic heterocycles. The molecule has 8 heteroatoms. The first-order valence-electron chi connectivity index (χ1n) is 4.65. The highest BCUT2D eigenvalue weighted by molar-refractivity contribution is 7.87. The van der Waals surface area contributed by atoms with Crippen LogP contribution in [0.2, 0.25) is 0 Å². The number of amides is 1. The lowest BCUT2D eigenvalue weighted by Gasteiger charge is -2.33. The van der Waals surface area contributed by atoms with E-state index in [4.69, 9.17) is 0 Å². The quantitative estimate of drug-likeness (QED) is 0.504. The number of carbonyl (C=O) groups is 1. The second-order valence-corrected chi connectivity index (χ2v) is 4.98. The lowest BCUT2D eigenvalue weighted by molar-refractivity contribution is -0.124. The van der Waals surface area contributed by atoms with Gasteiger partial charge in [0.05, 0.1) is 0 Å². The second-order valence-electron chi connectivity index (χ2n) is 3.15. The molecule has 0 saturated carbocycles. The molecular formula is C7H16N4O3S. The second kappa shape index (κ2) is 4.88. The number of likely N-dealkylation sites (N-methyl/N-ethyl adjacent to an activating group) is 1. The highest BCUT2D eigenvalue weighted by Crippen LogP contribution is 2.07. The van der Waals surface area contributed by atoms with Crippen LogP contribution in [0.15, 0.2) is 0 Å². The topological polar surface area (TPSA) is 90.5 Å². The summed E-state index contributed by atoms with van der Waals surface area (Å²) in [4.78, 5) is 11.5. The molecule has 0 bridgehead atoms. The van der Waals surface area contributed by atoms with Gasteiger partial charge < -0.3 is 10.6 Å². The monoisotopic (exact) mass is 236 g/mol. The minimum Gasteiger partial charge on any atom is -0.358 e. The van der Waals surface area contributed by atoms with Gasteiger partial charge in [-0.3, -0.25) is 4.79 Å². The van der Waals surface area contributed by atoms with Crippen molar-refractivity contribution in [2.75, 3.05) is 33.7 Å². The largest absolute Gasteiger partial charge is 0.358 e. The maximum absolute atomic E-state index is 11.6. The van der Waals surface area contributed by atoms with E-state index < -0.39 is 16.3 Å². The van der Waals surface area contributed by atoms with Crippen molar-refractivity contribution in [1.29, 1.82) is 0 Å². The van der Waals surface area contributed by atoms with E-state index in [1.54, 1.807) is 0 Å². The molecule has 1 heterocycles. The molecule has 3 N–H and O–H groups in total. The number of piperazine rings is 1. The Bertz CT molecular complexity index is 329. The van der Waals surface area contributed by atoms with Crippen LogP contribution in [0.3, 0.4) is 0 Å². The van der Waals surface area contributed by atoms with E-state index in [2.05, 4.69) is 15.4 Å². The van der Waals surface area contributed by atoms with Gasteiger partial charge in [-0.2, -0.15) is 12.7 Å². The Labute approximate surface area is 89.4 Å². The third kappa shape index (κ3) is 2.65. The Morgan fingerprint density at radius 1 is 1.47 bits per heavy atom. The maximum atomic E-state index is 11.6. The van der Waals surface area contributed by atoms with Crippen LogP contribution in [-0.4, -0.2) is 58.4 Å². The van der Waals surface area contributed by atoms with Gasteiger partial charge in [-0.15, -0.1) is 0 Å². The summed E-state index contributed by atoms with van der Waals surface area (Å²) >= 11 is 0. The van der Waals surface area contributed by atoms with Crippen LogP contribution in [-0.2, 0) is 15.0 Å². The summed E-state index contributed by atoms with van der Waals surface area (Å²) in [5, 5.41) is 5.43. The summed E-state index contributed by atoms with van der Waals surface area (Å²) in [5.41, 5.74) is 0. The Balaban J connectivity index is 2.88. The first-order valence-corrected chi connectivity index (χ1v) is 6.09. The first-order chi connectivity index (χ1) is 7.03. The van der Waals surface area contributed by atoms with Gasteiger partial charge in [0.2, 0.25) is 5.91 Å². The Kier molecular flexibility index (Phi) is 4.03. The highest BCUT2D eigenvalue weighted by atomic mass is 32.2. The summed E-state index contributed by atoms with van der Waals surface area (Å²) in [6.45, 7) is 1.18. The van der Waals surface area contributed by atoms with Crippen molar-refractivity contribution in [3.63, 3.8) is 0 Å². The summed E-state index contributed by atoms with van der Waals surface area (Å²) in [6.07, 6.45) is 0. The van der Waals surface area contributed by atoms with E-state index in [0.29, 0.717) is 19.6 Å². The van der Waals surface area contributed by atoms with Crippen LogP contribution in [0.25, 0.3) is 0 Å². The van der Waals surface area contributed by atoms with Crippen LogP contribution in [0.1, 0.15) is 0 Å². The number of nitrogens with one attached hydrogen (secondary N) is 3. The standard InChI is InChI=1S/C7H16N4O3S/c1-8-7(12)6-5-10-3-4-11(6)15(13,14)9-2/h6,9-10H,3-5H2,1-2H3,(H,8,12). The van der Waals surface area contributed by atoms with Crippen molar-refractivity contribution in [3.05, 3.63) is 0 Å². The van der Waals surface area contributed by atoms with Crippen molar-refractivity contribution in [2.24, 2.45) is 0 Å². The lowest BCUT2D eigenvalue weighted by atomic mass is 10.2. The molecule has 1 fully saturated rings. The van der Waals surface area contributed by atoms with E-state index in [9.17, 15) is 13.2 Å². The normalized spacial score (nSPS) is 23.7. The molecule has 0 aromatic heterocycles. The summed E-state index contributed by atoms with van der Waals surface area (Å²) in [6, 6.07) is -0.679. The Morgan fingerprint density at radius 2 is 2.13 bits per heavy atom. The molecule has 0 aromatic carbocycles. The number of hydrogen-bond acceptors (Lipinski definition) is 4. The van der Waals surface area contributed by atoms with Crippen LogP contribution >= 0.6 is 0 Å². The van der Waals surface area contributed by atoms with Crippen LogP contribution in [0.5, 0.6) is 0 Å².